The molecule has 1 heterocycles. The Balaban J connectivity index is 1.65. The van der Waals surface area contributed by atoms with Crippen molar-refractivity contribution >= 4 is 17.5 Å². The molecule has 1 aromatic heterocycles. The number of halogens is 4. The molecule has 0 radical (unpaired) electrons. The second-order valence-electron chi connectivity index (χ2n) is 7.38. The van der Waals surface area contributed by atoms with Crippen LogP contribution in [0.25, 0.3) is 11.1 Å². The number of carbonyl (C=O) groups excluding carboxylic acids is 1. The van der Waals surface area contributed by atoms with Gasteiger partial charge in [-0.3, -0.25) is 9.48 Å². The highest BCUT2D eigenvalue weighted by Crippen LogP contribution is 2.34. The van der Waals surface area contributed by atoms with Gasteiger partial charge in [-0.05, 0) is 53.8 Å². The number of aryl methyl sites for hydroxylation is 1. The fourth-order valence-electron chi connectivity index (χ4n) is 3.44. The van der Waals surface area contributed by atoms with Gasteiger partial charge in [0.05, 0.1) is 5.56 Å². The van der Waals surface area contributed by atoms with Crippen LogP contribution < -0.4 is 0 Å². The quantitative estimate of drug-likeness (QED) is 0.506. The lowest BCUT2D eigenvalue weighted by Gasteiger charge is -2.23. The minimum Gasteiger partial charge on any atom is -0.331 e. The van der Waals surface area contributed by atoms with Crippen molar-refractivity contribution in [3.63, 3.8) is 0 Å². The van der Waals surface area contributed by atoms with Gasteiger partial charge < -0.3 is 4.90 Å². The van der Waals surface area contributed by atoms with Gasteiger partial charge in [0.15, 0.2) is 0 Å². The van der Waals surface area contributed by atoms with E-state index in [1.54, 1.807) is 23.1 Å². The van der Waals surface area contributed by atoms with Gasteiger partial charge >= 0.3 is 0 Å². The molecule has 8 heteroatoms. The van der Waals surface area contributed by atoms with Crippen molar-refractivity contribution in [2.45, 2.75) is 31.9 Å². The highest BCUT2D eigenvalue weighted by Gasteiger charge is 2.36. The molecule has 0 saturated heterocycles. The summed E-state index contributed by atoms with van der Waals surface area (Å²) in [5, 5.41) is 4.21. The number of benzene rings is 2. The Morgan fingerprint density at radius 3 is 2.50 bits per heavy atom. The fourth-order valence-corrected chi connectivity index (χ4v) is 3.62. The van der Waals surface area contributed by atoms with Crippen LogP contribution in [0, 0.1) is 5.82 Å². The number of amides is 1. The number of nitrogens with zero attached hydrogens (tertiary/aromatic N) is 3. The van der Waals surface area contributed by atoms with Crippen LogP contribution in [-0.2, 0) is 13.6 Å². The van der Waals surface area contributed by atoms with Crippen LogP contribution in [0.5, 0.6) is 0 Å². The smallest absolute Gasteiger partial charge is 0.282 e. The largest absolute Gasteiger partial charge is 0.331 e. The van der Waals surface area contributed by atoms with Crippen LogP contribution in [0.3, 0.4) is 0 Å². The van der Waals surface area contributed by atoms with Gasteiger partial charge in [0.2, 0.25) is 0 Å². The van der Waals surface area contributed by atoms with E-state index in [0.717, 1.165) is 24.0 Å². The predicted octanol–water partition coefficient (Wildman–Crippen LogP) is 5.62. The molecule has 3 aromatic rings. The molecule has 0 N–H and O–H groups in total. The lowest BCUT2D eigenvalue weighted by molar-refractivity contribution is 0.0717. The zero-order chi connectivity index (χ0) is 21.4. The molecule has 4 nitrogen and oxygen atoms in total. The number of rotatable bonds is 6. The van der Waals surface area contributed by atoms with Crippen LogP contribution in [0.15, 0.2) is 48.7 Å². The summed E-state index contributed by atoms with van der Waals surface area (Å²) in [6.45, 7) is 0.189. The van der Waals surface area contributed by atoms with Gasteiger partial charge in [0.1, 0.15) is 11.5 Å². The van der Waals surface area contributed by atoms with E-state index in [4.69, 9.17) is 11.6 Å². The van der Waals surface area contributed by atoms with Gasteiger partial charge in [0, 0.05) is 30.9 Å². The van der Waals surface area contributed by atoms with Gasteiger partial charge in [-0.15, -0.1) is 0 Å². The Bertz CT molecular complexity index is 1080. The molecule has 1 amide bonds. The van der Waals surface area contributed by atoms with Crippen LogP contribution in [-0.4, -0.2) is 26.6 Å². The second kappa shape index (κ2) is 8.14. The molecule has 1 aliphatic rings. The first-order valence-electron chi connectivity index (χ1n) is 9.50. The Kier molecular flexibility index (Phi) is 5.56. The highest BCUT2D eigenvalue weighted by atomic mass is 35.5. The Hall–Kier alpha value is -2.80. The molecule has 1 saturated carbocycles. The molecule has 2 aromatic carbocycles. The van der Waals surface area contributed by atoms with E-state index < -0.39 is 18.0 Å². The molecular weight excluding hydrogens is 415 g/mol. The summed E-state index contributed by atoms with van der Waals surface area (Å²) < 4.78 is 41.1. The van der Waals surface area contributed by atoms with E-state index in [0.29, 0.717) is 10.6 Å². The Morgan fingerprint density at radius 2 is 1.87 bits per heavy atom. The maximum Gasteiger partial charge on any atom is 0.282 e. The maximum atomic E-state index is 13.3. The molecule has 156 valence electrons. The van der Waals surface area contributed by atoms with E-state index in [1.807, 2.05) is 12.1 Å². The summed E-state index contributed by atoms with van der Waals surface area (Å²) in [6, 6.07) is 11.4. The molecule has 0 aliphatic heterocycles. The minimum atomic E-state index is -2.84. The normalized spacial score (nSPS) is 13.7. The average molecular weight is 434 g/mol. The van der Waals surface area contributed by atoms with Crippen molar-refractivity contribution in [1.29, 1.82) is 0 Å². The summed E-state index contributed by atoms with van der Waals surface area (Å²) in [4.78, 5) is 14.7. The van der Waals surface area contributed by atoms with Crippen LogP contribution in [0.1, 0.15) is 40.9 Å². The Labute approximate surface area is 176 Å². The van der Waals surface area contributed by atoms with Crippen molar-refractivity contribution in [3.05, 3.63) is 76.3 Å². The molecule has 30 heavy (non-hydrogen) atoms. The molecule has 0 spiro atoms. The van der Waals surface area contributed by atoms with Crippen molar-refractivity contribution in [2.75, 3.05) is 0 Å². The van der Waals surface area contributed by atoms with Crippen molar-refractivity contribution in [3.8, 4) is 11.1 Å². The van der Waals surface area contributed by atoms with Crippen molar-refractivity contribution in [2.24, 2.45) is 7.05 Å². The predicted molar refractivity (Wildman–Crippen MR) is 108 cm³/mol. The zero-order valence-corrected chi connectivity index (χ0v) is 16.9. The molecule has 0 bridgehead atoms. The summed E-state index contributed by atoms with van der Waals surface area (Å²) in [6.07, 6.45) is 0.114. The lowest BCUT2D eigenvalue weighted by atomic mass is 10.0. The number of hydrogen-bond acceptors (Lipinski definition) is 2. The number of alkyl halides is 2. The van der Waals surface area contributed by atoms with Gasteiger partial charge in [-0.2, -0.15) is 5.10 Å². The average Bonchev–Trinajstić information content (AvgIpc) is 3.48. The van der Waals surface area contributed by atoms with Gasteiger partial charge in [-0.1, -0.05) is 29.8 Å². The monoisotopic (exact) mass is 433 g/mol. The first-order chi connectivity index (χ1) is 14.3. The fraction of sp³-hybridized carbons (Fsp3) is 0.273. The van der Waals surface area contributed by atoms with Crippen LogP contribution in [0.4, 0.5) is 13.2 Å². The van der Waals surface area contributed by atoms with Crippen molar-refractivity contribution in [1.82, 2.24) is 14.7 Å². The summed E-state index contributed by atoms with van der Waals surface area (Å²) in [7, 11) is 1.51. The number of hydrogen-bond donors (Lipinski definition) is 0. The summed E-state index contributed by atoms with van der Waals surface area (Å²) >= 11 is 6.38. The lowest BCUT2D eigenvalue weighted by Crippen LogP contribution is -2.33. The molecule has 1 aliphatic carbocycles. The van der Waals surface area contributed by atoms with E-state index in [-0.39, 0.29) is 24.0 Å². The molecule has 4 rings (SSSR count). The van der Waals surface area contributed by atoms with Gasteiger partial charge in [0.25, 0.3) is 12.3 Å². The minimum absolute atomic E-state index is 0.0197. The second-order valence-corrected chi connectivity index (χ2v) is 7.79. The first-order valence-corrected chi connectivity index (χ1v) is 9.88. The van der Waals surface area contributed by atoms with E-state index in [2.05, 4.69) is 5.10 Å². The standard InChI is InChI=1S/C22H19ClF3N3O/c1-28-12-18(20(27-28)21(25)26)22(30)29(17-7-8-17)11-15-10-14(4-9-19(15)23)13-2-5-16(24)6-3-13/h2-6,9-10,12,17,21H,7-8,11H2,1H3. The number of carbonyl (C=O) groups is 1. The van der Waals surface area contributed by atoms with Gasteiger partial charge in [-0.25, -0.2) is 13.2 Å². The zero-order valence-electron chi connectivity index (χ0n) is 16.2. The topological polar surface area (TPSA) is 38.1 Å². The van der Waals surface area contributed by atoms with Crippen molar-refractivity contribution < 1.29 is 18.0 Å². The molecular formula is C22H19ClF3N3O. The van der Waals surface area contributed by atoms with E-state index >= 15 is 0 Å². The summed E-state index contributed by atoms with van der Waals surface area (Å²) in [5.41, 5.74) is 1.73. The number of aromatic nitrogens is 2. The SMILES string of the molecule is Cn1cc(C(=O)N(Cc2cc(-c3ccc(F)cc3)ccc2Cl)C2CC2)c(C(F)F)n1. The summed E-state index contributed by atoms with van der Waals surface area (Å²) in [5.74, 6) is -0.811. The van der Waals surface area contributed by atoms with E-state index in [1.165, 1.54) is 30.1 Å². The highest BCUT2D eigenvalue weighted by molar-refractivity contribution is 6.31. The van der Waals surface area contributed by atoms with Crippen LogP contribution in [0.2, 0.25) is 5.02 Å². The third-order valence-corrected chi connectivity index (χ3v) is 5.48. The first kappa shape index (κ1) is 20.5. The van der Waals surface area contributed by atoms with Crippen LogP contribution >= 0.6 is 11.6 Å². The molecule has 0 unspecified atom stereocenters. The third kappa shape index (κ3) is 4.21. The third-order valence-electron chi connectivity index (χ3n) is 5.11. The molecule has 1 fully saturated rings. The van der Waals surface area contributed by atoms with E-state index in [9.17, 15) is 18.0 Å². The maximum absolute atomic E-state index is 13.3. The molecule has 0 atom stereocenters. The Morgan fingerprint density at radius 1 is 1.20 bits per heavy atom.